The van der Waals surface area contributed by atoms with Crippen LogP contribution in [0.25, 0.3) is 0 Å². The fraction of sp³-hybridized carbons (Fsp3) is 0.429. The number of aliphatic carboxylic acids is 1. The predicted molar refractivity (Wildman–Crippen MR) is 38.1 cm³/mol. The van der Waals surface area contributed by atoms with E-state index >= 15 is 0 Å². The minimum atomic E-state index is -0.732. The number of nitrogens with zero attached hydrogens (tertiary/aromatic N) is 1. The highest BCUT2D eigenvalue weighted by Gasteiger charge is 2.01. The molecule has 1 aliphatic heterocycles. The first kappa shape index (κ1) is 6.99. The first-order valence-corrected chi connectivity index (χ1v) is 3.24. The molecule has 1 aliphatic rings. The summed E-state index contributed by atoms with van der Waals surface area (Å²) in [5, 5.41) is 8.26. The predicted octanol–water partition coefficient (Wildman–Crippen LogP) is 1.21. The van der Waals surface area contributed by atoms with Gasteiger partial charge >= 0.3 is 5.97 Å². The molecule has 0 atom stereocenters. The van der Waals surface area contributed by atoms with Gasteiger partial charge in [-0.3, -0.25) is 9.79 Å². The van der Waals surface area contributed by atoms with Crippen LogP contribution in [-0.2, 0) is 4.79 Å². The lowest BCUT2D eigenvalue weighted by Crippen LogP contribution is -2.01. The molecule has 0 saturated heterocycles. The van der Waals surface area contributed by atoms with Crippen LogP contribution in [0.1, 0.15) is 19.3 Å². The summed E-state index contributed by atoms with van der Waals surface area (Å²) in [7, 11) is 0. The van der Waals surface area contributed by atoms with Crippen molar-refractivity contribution in [1.82, 2.24) is 0 Å². The molecule has 1 N–H and O–H groups in total. The van der Waals surface area contributed by atoms with Gasteiger partial charge in [0, 0.05) is 18.3 Å². The molecule has 0 bridgehead atoms. The van der Waals surface area contributed by atoms with Crippen molar-refractivity contribution in [3.8, 4) is 0 Å². The van der Waals surface area contributed by atoms with E-state index in [0.29, 0.717) is 6.42 Å². The molecule has 10 heavy (non-hydrogen) atoms. The molecule has 0 aromatic rings. The Hall–Kier alpha value is -1.12. The number of carbonyl (C=O) groups is 1. The standard InChI is InChI=1S/C7H9NO2/c9-7(10)3-1-2-6-4-5-8-6/h4-5H,1-3H2,(H,9,10). The second kappa shape index (κ2) is 3.15. The molecule has 3 nitrogen and oxygen atoms in total. The fourth-order valence-corrected chi connectivity index (χ4v) is 0.749. The molecule has 54 valence electrons. The third-order valence-corrected chi connectivity index (χ3v) is 1.33. The zero-order valence-electron chi connectivity index (χ0n) is 5.58. The first-order valence-electron chi connectivity index (χ1n) is 3.24. The van der Waals surface area contributed by atoms with Crippen molar-refractivity contribution in [3.05, 3.63) is 12.3 Å². The number of hydrogen-bond donors (Lipinski definition) is 1. The van der Waals surface area contributed by atoms with Gasteiger partial charge in [0.25, 0.3) is 0 Å². The number of carboxylic acid groups (broad SMARTS) is 1. The zero-order valence-corrected chi connectivity index (χ0v) is 5.58. The molecule has 0 aromatic carbocycles. The Morgan fingerprint density at radius 1 is 1.70 bits per heavy atom. The number of rotatable bonds is 4. The monoisotopic (exact) mass is 139 g/mol. The molecular weight excluding hydrogens is 130 g/mol. The molecule has 0 radical (unpaired) electrons. The minimum Gasteiger partial charge on any atom is -0.481 e. The Kier molecular flexibility index (Phi) is 2.20. The third-order valence-electron chi connectivity index (χ3n) is 1.33. The maximum atomic E-state index is 10.0. The smallest absolute Gasteiger partial charge is 0.303 e. The van der Waals surface area contributed by atoms with Crippen LogP contribution in [0.15, 0.2) is 17.3 Å². The molecule has 1 heterocycles. The Morgan fingerprint density at radius 2 is 2.40 bits per heavy atom. The van der Waals surface area contributed by atoms with E-state index in [1.54, 1.807) is 6.20 Å². The highest BCUT2D eigenvalue weighted by molar-refractivity contribution is 5.99. The molecule has 0 amide bonds. The van der Waals surface area contributed by atoms with Crippen molar-refractivity contribution in [2.45, 2.75) is 19.3 Å². The normalized spacial score (nSPS) is 14.2. The van der Waals surface area contributed by atoms with Gasteiger partial charge in [-0.25, -0.2) is 0 Å². The second-order valence-electron chi connectivity index (χ2n) is 2.18. The van der Waals surface area contributed by atoms with E-state index < -0.39 is 5.97 Å². The molecule has 1 rings (SSSR count). The summed E-state index contributed by atoms with van der Waals surface area (Å²) in [5.41, 5.74) is 1.02. The van der Waals surface area contributed by atoms with E-state index in [0.717, 1.165) is 12.1 Å². The van der Waals surface area contributed by atoms with Gasteiger partial charge < -0.3 is 5.11 Å². The van der Waals surface area contributed by atoms with E-state index in [1.807, 2.05) is 6.08 Å². The number of hydrogen-bond acceptors (Lipinski definition) is 2. The van der Waals surface area contributed by atoms with E-state index in [-0.39, 0.29) is 6.42 Å². The minimum absolute atomic E-state index is 0.243. The fourth-order valence-electron chi connectivity index (χ4n) is 0.749. The van der Waals surface area contributed by atoms with Crippen molar-refractivity contribution < 1.29 is 9.90 Å². The van der Waals surface area contributed by atoms with Crippen molar-refractivity contribution in [2.75, 3.05) is 0 Å². The quantitative estimate of drug-likeness (QED) is 0.636. The van der Waals surface area contributed by atoms with Crippen molar-refractivity contribution >= 4 is 11.7 Å². The van der Waals surface area contributed by atoms with E-state index in [9.17, 15) is 4.79 Å². The highest BCUT2D eigenvalue weighted by Crippen LogP contribution is 2.05. The van der Waals surface area contributed by atoms with Gasteiger partial charge in [0.05, 0.1) is 0 Å². The lowest BCUT2D eigenvalue weighted by Gasteiger charge is -2.02. The van der Waals surface area contributed by atoms with Crippen LogP contribution >= 0.6 is 0 Å². The number of allylic oxidation sites excluding steroid dienone is 1. The van der Waals surface area contributed by atoms with E-state index in [4.69, 9.17) is 5.11 Å². The summed E-state index contributed by atoms with van der Waals surface area (Å²) in [5.74, 6) is -0.732. The summed E-state index contributed by atoms with van der Waals surface area (Å²) >= 11 is 0. The van der Waals surface area contributed by atoms with Gasteiger partial charge in [-0.05, 0) is 18.9 Å². The van der Waals surface area contributed by atoms with Gasteiger partial charge in [0.15, 0.2) is 0 Å². The zero-order chi connectivity index (χ0) is 7.40. The molecule has 3 heteroatoms. The van der Waals surface area contributed by atoms with Crippen LogP contribution < -0.4 is 0 Å². The molecule has 0 spiro atoms. The molecule has 0 aromatic heterocycles. The Bertz CT molecular complexity index is 194. The van der Waals surface area contributed by atoms with Gasteiger partial charge in [0.1, 0.15) is 0 Å². The average molecular weight is 139 g/mol. The number of aliphatic imine (C=N–C) groups is 1. The van der Waals surface area contributed by atoms with Crippen molar-refractivity contribution in [3.63, 3.8) is 0 Å². The van der Waals surface area contributed by atoms with Gasteiger partial charge in [-0.15, -0.1) is 0 Å². The first-order chi connectivity index (χ1) is 4.79. The summed E-state index contributed by atoms with van der Waals surface area (Å²) < 4.78 is 0. The topological polar surface area (TPSA) is 49.7 Å². The Morgan fingerprint density at radius 3 is 2.80 bits per heavy atom. The van der Waals surface area contributed by atoms with Crippen molar-refractivity contribution in [1.29, 1.82) is 0 Å². The van der Waals surface area contributed by atoms with Crippen LogP contribution in [-0.4, -0.2) is 16.8 Å². The SMILES string of the molecule is O=C(O)CCCC1=NC=C1. The lowest BCUT2D eigenvalue weighted by atomic mass is 10.1. The van der Waals surface area contributed by atoms with Crippen LogP contribution in [0, 0.1) is 0 Å². The lowest BCUT2D eigenvalue weighted by molar-refractivity contribution is -0.137. The Balaban J connectivity index is 2.01. The molecular formula is C7H9NO2. The van der Waals surface area contributed by atoms with E-state index in [2.05, 4.69) is 4.99 Å². The molecule has 0 saturated carbocycles. The van der Waals surface area contributed by atoms with Crippen LogP contribution in [0.4, 0.5) is 0 Å². The maximum absolute atomic E-state index is 10.0. The molecule has 0 fully saturated rings. The third kappa shape index (κ3) is 2.01. The Labute approximate surface area is 59.1 Å². The van der Waals surface area contributed by atoms with Gasteiger partial charge in [0.2, 0.25) is 0 Å². The van der Waals surface area contributed by atoms with Gasteiger partial charge in [-0.1, -0.05) is 0 Å². The van der Waals surface area contributed by atoms with Crippen LogP contribution in [0.3, 0.4) is 0 Å². The average Bonchev–Trinajstić information content (AvgIpc) is 1.75. The van der Waals surface area contributed by atoms with Gasteiger partial charge in [-0.2, -0.15) is 0 Å². The summed E-state index contributed by atoms with van der Waals surface area (Å²) in [4.78, 5) is 13.9. The molecule has 0 unspecified atom stereocenters. The van der Waals surface area contributed by atoms with Crippen molar-refractivity contribution in [2.24, 2.45) is 4.99 Å². The largest absolute Gasteiger partial charge is 0.481 e. The number of carboxylic acids is 1. The van der Waals surface area contributed by atoms with Crippen LogP contribution in [0.2, 0.25) is 0 Å². The molecule has 0 aliphatic carbocycles. The summed E-state index contributed by atoms with van der Waals surface area (Å²) in [6, 6.07) is 0. The second-order valence-corrected chi connectivity index (χ2v) is 2.18. The summed E-state index contributed by atoms with van der Waals surface area (Å²) in [6.07, 6.45) is 5.35. The van der Waals surface area contributed by atoms with Crippen LogP contribution in [0.5, 0.6) is 0 Å². The van der Waals surface area contributed by atoms with E-state index in [1.165, 1.54) is 0 Å². The highest BCUT2D eigenvalue weighted by atomic mass is 16.4. The maximum Gasteiger partial charge on any atom is 0.303 e. The summed E-state index contributed by atoms with van der Waals surface area (Å²) in [6.45, 7) is 0.